The Labute approximate surface area is 180 Å². The molecule has 1 aromatic rings. The van der Waals surface area contributed by atoms with Gasteiger partial charge in [0, 0.05) is 26.4 Å². The Kier molecular flexibility index (Phi) is 12.3. The molecule has 0 unspecified atom stereocenters. The monoisotopic (exact) mass is 441 g/mol. The molecule has 0 radical (unpaired) electrons. The maximum Gasteiger partial charge on any atom is 0.311 e. The minimum absolute atomic E-state index is 0.204. The van der Waals surface area contributed by atoms with Crippen molar-refractivity contribution in [1.82, 2.24) is 4.90 Å². The normalized spacial score (nSPS) is 11.3. The average molecular weight is 442 g/mol. The second-order valence-corrected chi connectivity index (χ2v) is 8.99. The zero-order valence-corrected chi connectivity index (χ0v) is 19.0. The third kappa shape index (κ3) is 11.3. The van der Waals surface area contributed by atoms with Crippen molar-refractivity contribution < 1.29 is 27.3 Å². The van der Waals surface area contributed by atoms with Crippen LogP contribution >= 0.6 is 0 Å². The quantitative estimate of drug-likeness (QED) is 0.185. The van der Waals surface area contributed by atoms with Crippen LogP contribution in [0.3, 0.4) is 0 Å². The molecule has 0 heterocycles. The first kappa shape index (κ1) is 26.1. The second kappa shape index (κ2) is 14.1. The number of carbonyl (C=O) groups excluding carboxylic acids is 2. The predicted molar refractivity (Wildman–Crippen MR) is 116 cm³/mol. The highest BCUT2D eigenvalue weighted by Gasteiger charge is 2.11. The first-order valence-corrected chi connectivity index (χ1v) is 12.2. The first-order chi connectivity index (χ1) is 14.2. The van der Waals surface area contributed by atoms with Gasteiger partial charge in [0.25, 0.3) is 10.1 Å². The summed E-state index contributed by atoms with van der Waals surface area (Å²) in [5.74, 6) is 0.0577. The molecule has 0 fully saturated rings. The van der Waals surface area contributed by atoms with E-state index in [2.05, 4.69) is 6.92 Å². The lowest BCUT2D eigenvalue weighted by Crippen LogP contribution is -2.27. The van der Waals surface area contributed by atoms with Gasteiger partial charge in [-0.1, -0.05) is 45.4 Å². The minimum Gasteiger partial charge on any atom is -0.427 e. The van der Waals surface area contributed by atoms with Gasteiger partial charge in [0.15, 0.2) is 0 Å². The lowest BCUT2D eigenvalue weighted by molar-refractivity contribution is -0.134. The number of carbonyl (C=O) groups is 2. The molecule has 0 aliphatic carbocycles. The number of nitrogens with zero attached hydrogens (tertiary/aromatic N) is 1. The molecule has 30 heavy (non-hydrogen) atoms. The number of ether oxygens (including phenoxy) is 1. The van der Waals surface area contributed by atoms with E-state index < -0.39 is 10.1 Å². The molecule has 8 heteroatoms. The van der Waals surface area contributed by atoms with Crippen molar-refractivity contribution in [3.63, 3.8) is 0 Å². The van der Waals surface area contributed by atoms with E-state index in [1.165, 1.54) is 43.5 Å². The Morgan fingerprint density at radius 3 is 2.07 bits per heavy atom. The molecule has 1 aromatic carbocycles. The van der Waals surface area contributed by atoms with Crippen molar-refractivity contribution in [3.8, 4) is 5.75 Å². The van der Waals surface area contributed by atoms with Crippen LogP contribution in [0.1, 0.15) is 77.6 Å². The van der Waals surface area contributed by atoms with E-state index in [1.54, 1.807) is 4.90 Å². The highest BCUT2D eigenvalue weighted by molar-refractivity contribution is 7.85. The van der Waals surface area contributed by atoms with Gasteiger partial charge in [-0.25, -0.2) is 0 Å². The topological polar surface area (TPSA) is 101 Å². The fraction of sp³-hybridized carbons (Fsp3) is 0.636. The molecule has 0 bridgehead atoms. The van der Waals surface area contributed by atoms with Gasteiger partial charge >= 0.3 is 5.97 Å². The molecule has 0 aliphatic heterocycles. The molecule has 0 saturated heterocycles. The number of unbranched alkanes of at least 4 members (excludes halogenated alkanes) is 7. The Hall–Kier alpha value is -1.93. The lowest BCUT2D eigenvalue weighted by atomic mass is 10.1. The van der Waals surface area contributed by atoms with Gasteiger partial charge in [-0.3, -0.25) is 14.1 Å². The summed E-state index contributed by atoms with van der Waals surface area (Å²) in [5.41, 5.74) is 0. The number of esters is 1. The molecular formula is C22H35NO6S. The molecule has 1 amide bonds. The summed E-state index contributed by atoms with van der Waals surface area (Å²) in [6.45, 7) is 2.91. The van der Waals surface area contributed by atoms with E-state index in [0.29, 0.717) is 12.8 Å². The number of amides is 1. The molecule has 0 spiro atoms. The highest BCUT2D eigenvalue weighted by atomic mass is 32.2. The van der Waals surface area contributed by atoms with E-state index in [1.807, 2.05) is 7.05 Å². The van der Waals surface area contributed by atoms with E-state index in [0.717, 1.165) is 38.6 Å². The maximum atomic E-state index is 12.1. The Morgan fingerprint density at radius 2 is 1.47 bits per heavy atom. The number of benzene rings is 1. The molecule has 170 valence electrons. The third-order valence-corrected chi connectivity index (χ3v) is 5.77. The molecular weight excluding hydrogens is 406 g/mol. The first-order valence-electron chi connectivity index (χ1n) is 10.8. The van der Waals surface area contributed by atoms with Crippen LogP contribution in [0, 0.1) is 0 Å². The number of rotatable bonds is 15. The van der Waals surface area contributed by atoms with Crippen molar-refractivity contribution in [2.75, 3.05) is 13.6 Å². The van der Waals surface area contributed by atoms with Crippen LogP contribution in [0.15, 0.2) is 29.2 Å². The van der Waals surface area contributed by atoms with E-state index in [9.17, 15) is 18.0 Å². The maximum absolute atomic E-state index is 12.1. The van der Waals surface area contributed by atoms with Gasteiger partial charge in [0.2, 0.25) is 5.91 Å². The van der Waals surface area contributed by atoms with Gasteiger partial charge in [-0.2, -0.15) is 8.42 Å². The summed E-state index contributed by atoms with van der Waals surface area (Å²) in [5, 5.41) is 0. The molecule has 0 atom stereocenters. The standard InChI is InChI=1S/C22H35NO6S/c1-3-4-5-6-9-12-21(24)23(2)18-11-8-7-10-13-22(25)29-19-14-16-20(17-15-19)30(26,27)28/h14-17H,3-13,18H2,1-2H3,(H,26,27,28). The second-order valence-electron chi connectivity index (χ2n) is 7.56. The van der Waals surface area contributed by atoms with E-state index >= 15 is 0 Å². The minimum atomic E-state index is -4.26. The molecule has 0 aliphatic rings. The fourth-order valence-corrected chi connectivity index (χ4v) is 3.51. The highest BCUT2D eigenvalue weighted by Crippen LogP contribution is 2.17. The van der Waals surface area contributed by atoms with Crippen LogP contribution in [-0.4, -0.2) is 43.3 Å². The van der Waals surface area contributed by atoms with Crippen LogP contribution < -0.4 is 4.74 Å². The smallest absolute Gasteiger partial charge is 0.311 e. The van der Waals surface area contributed by atoms with Gasteiger partial charge in [-0.15, -0.1) is 0 Å². The van der Waals surface area contributed by atoms with Crippen LogP contribution in [0.25, 0.3) is 0 Å². The zero-order valence-electron chi connectivity index (χ0n) is 18.1. The largest absolute Gasteiger partial charge is 0.427 e. The van der Waals surface area contributed by atoms with Crippen molar-refractivity contribution in [2.45, 2.75) is 82.4 Å². The van der Waals surface area contributed by atoms with Gasteiger partial charge in [0.1, 0.15) is 5.75 Å². The molecule has 0 saturated carbocycles. The van der Waals surface area contributed by atoms with Crippen LogP contribution in [0.5, 0.6) is 5.75 Å². The summed E-state index contributed by atoms with van der Waals surface area (Å²) in [6.07, 6.45) is 10.0. The van der Waals surface area contributed by atoms with Gasteiger partial charge in [-0.05, 0) is 43.5 Å². The fourth-order valence-electron chi connectivity index (χ4n) is 3.03. The summed E-state index contributed by atoms with van der Waals surface area (Å²) < 4.78 is 36.0. The van der Waals surface area contributed by atoms with Gasteiger partial charge < -0.3 is 9.64 Å². The van der Waals surface area contributed by atoms with Crippen molar-refractivity contribution in [1.29, 1.82) is 0 Å². The molecule has 7 nitrogen and oxygen atoms in total. The number of hydrogen-bond donors (Lipinski definition) is 1. The predicted octanol–water partition coefficient (Wildman–Crippen LogP) is 4.61. The van der Waals surface area contributed by atoms with E-state index in [4.69, 9.17) is 9.29 Å². The van der Waals surface area contributed by atoms with Crippen LogP contribution in [0.4, 0.5) is 0 Å². The summed E-state index contributed by atoms with van der Waals surface area (Å²) in [7, 11) is -2.41. The molecule has 0 aromatic heterocycles. The molecule has 1 N–H and O–H groups in total. The Balaban J connectivity index is 2.11. The molecule has 1 rings (SSSR count). The van der Waals surface area contributed by atoms with Gasteiger partial charge in [0.05, 0.1) is 4.90 Å². The SMILES string of the molecule is CCCCCCCC(=O)N(C)CCCCCCC(=O)Oc1ccc(S(=O)(=O)O)cc1. The van der Waals surface area contributed by atoms with Crippen molar-refractivity contribution >= 4 is 22.0 Å². The summed E-state index contributed by atoms with van der Waals surface area (Å²) >= 11 is 0. The third-order valence-electron chi connectivity index (χ3n) is 4.90. The zero-order chi connectivity index (χ0) is 22.4. The summed E-state index contributed by atoms with van der Waals surface area (Å²) in [6, 6.07) is 5.03. The van der Waals surface area contributed by atoms with Crippen molar-refractivity contribution in [2.24, 2.45) is 0 Å². The summed E-state index contributed by atoms with van der Waals surface area (Å²) in [4.78, 5) is 25.4. The Morgan fingerprint density at radius 1 is 0.900 bits per heavy atom. The number of hydrogen-bond acceptors (Lipinski definition) is 5. The van der Waals surface area contributed by atoms with Crippen LogP contribution in [-0.2, 0) is 19.7 Å². The van der Waals surface area contributed by atoms with Crippen molar-refractivity contribution in [3.05, 3.63) is 24.3 Å². The average Bonchev–Trinajstić information content (AvgIpc) is 2.69. The Bertz CT molecular complexity index is 745. The van der Waals surface area contributed by atoms with E-state index in [-0.39, 0.29) is 28.9 Å². The lowest BCUT2D eigenvalue weighted by Gasteiger charge is -2.17. The van der Waals surface area contributed by atoms with Crippen LogP contribution in [0.2, 0.25) is 0 Å².